The highest BCUT2D eigenvalue weighted by molar-refractivity contribution is 6.54. The summed E-state index contributed by atoms with van der Waals surface area (Å²) in [5, 5.41) is 0. The van der Waals surface area contributed by atoms with Gasteiger partial charge in [0, 0.05) is 7.11 Å². The van der Waals surface area contributed by atoms with Crippen LogP contribution in [0.3, 0.4) is 0 Å². The molecule has 120 valence electrons. The number of rotatable bonds is 6. The van der Waals surface area contributed by atoms with E-state index in [-0.39, 0.29) is 18.3 Å². The molecule has 4 nitrogen and oxygen atoms in total. The summed E-state index contributed by atoms with van der Waals surface area (Å²) in [5.74, 6) is 1.61. The van der Waals surface area contributed by atoms with E-state index < -0.39 is 0 Å². The molecule has 0 N–H and O–H groups in total. The summed E-state index contributed by atoms with van der Waals surface area (Å²) in [6.45, 7) is 14.6. The van der Waals surface area contributed by atoms with Crippen LogP contribution in [-0.4, -0.2) is 32.0 Å². The highest BCUT2D eigenvalue weighted by atomic mass is 16.7. The fraction of sp³-hybridized carbons (Fsp3) is 0.750. The van der Waals surface area contributed by atoms with Crippen molar-refractivity contribution in [3.8, 4) is 0 Å². The zero-order chi connectivity index (χ0) is 16.3. The summed E-state index contributed by atoms with van der Waals surface area (Å²) in [7, 11) is 1.29. The minimum Gasteiger partial charge on any atom is -0.465 e. The quantitative estimate of drug-likeness (QED) is 0.551. The van der Waals surface area contributed by atoms with E-state index in [1.54, 1.807) is 7.11 Å². The van der Waals surface area contributed by atoms with Crippen molar-refractivity contribution in [1.82, 2.24) is 0 Å². The van der Waals surface area contributed by atoms with E-state index in [1.165, 1.54) is 0 Å². The van der Waals surface area contributed by atoms with Crippen molar-refractivity contribution < 1.29 is 18.8 Å². The van der Waals surface area contributed by atoms with Crippen LogP contribution >= 0.6 is 0 Å². The molecule has 1 aliphatic rings. The van der Waals surface area contributed by atoms with E-state index in [4.69, 9.17) is 18.8 Å². The first-order valence-electron chi connectivity index (χ1n) is 7.53. The van der Waals surface area contributed by atoms with Crippen LogP contribution < -0.4 is 0 Å². The van der Waals surface area contributed by atoms with Crippen LogP contribution in [0.2, 0.25) is 0 Å². The van der Waals surface area contributed by atoms with Crippen LogP contribution in [0.1, 0.15) is 54.9 Å². The normalized spacial score (nSPS) is 22.3. The summed E-state index contributed by atoms with van der Waals surface area (Å²) in [6, 6.07) is 0. The monoisotopic (exact) mass is 296 g/mol. The SMILES string of the molecule is CC/C=C(/COC)O/C(C)=C(/C)B1OC(C)(C)C(C)(C)O1. The third-order valence-corrected chi connectivity index (χ3v) is 4.16. The molecule has 0 bridgehead atoms. The van der Waals surface area contributed by atoms with E-state index in [2.05, 4.69) is 6.92 Å². The Morgan fingerprint density at radius 3 is 2.05 bits per heavy atom. The highest BCUT2D eigenvalue weighted by Crippen LogP contribution is 2.39. The number of methoxy groups -OCH3 is 1. The fourth-order valence-corrected chi connectivity index (χ4v) is 1.96. The molecule has 0 radical (unpaired) electrons. The van der Waals surface area contributed by atoms with Gasteiger partial charge in [-0.05, 0) is 59.5 Å². The number of ether oxygens (including phenoxy) is 2. The molecule has 1 heterocycles. The van der Waals surface area contributed by atoms with Gasteiger partial charge in [-0.2, -0.15) is 0 Å². The maximum atomic E-state index is 6.04. The average molecular weight is 296 g/mol. The topological polar surface area (TPSA) is 36.9 Å². The Kier molecular flexibility index (Phi) is 6.08. The molecule has 21 heavy (non-hydrogen) atoms. The van der Waals surface area contributed by atoms with Crippen LogP contribution in [-0.2, 0) is 18.8 Å². The molecule has 1 aliphatic heterocycles. The van der Waals surface area contributed by atoms with Gasteiger partial charge in [0.15, 0.2) is 0 Å². The Hall–Kier alpha value is -0.775. The second-order valence-electron chi connectivity index (χ2n) is 6.44. The second-order valence-corrected chi connectivity index (χ2v) is 6.44. The van der Waals surface area contributed by atoms with Crippen molar-refractivity contribution in [3.63, 3.8) is 0 Å². The molecule has 0 atom stereocenters. The van der Waals surface area contributed by atoms with Crippen LogP contribution in [0.15, 0.2) is 23.1 Å². The number of hydrogen-bond donors (Lipinski definition) is 0. The molecule has 0 saturated carbocycles. The first-order valence-corrected chi connectivity index (χ1v) is 7.53. The Labute approximate surface area is 129 Å². The maximum absolute atomic E-state index is 6.04. The second kappa shape index (κ2) is 6.99. The minimum atomic E-state index is -0.375. The Morgan fingerprint density at radius 2 is 1.62 bits per heavy atom. The fourth-order valence-electron chi connectivity index (χ4n) is 1.96. The van der Waals surface area contributed by atoms with E-state index in [1.807, 2.05) is 47.6 Å². The molecule has 0 spiro atoms. The van der Waals surface area contributed by atoms with Gasteiger partial charge in [0.1, 0.15) is 12.4 Å². The van der Waals surface area contributed by atoms with Gasteiger partial charge in [-0.25, -0.2) is 0 Å². The van der Waals surface area contributed by atoms with Crippen LogP contribution in [0.4, 0.5) is 0 Å². The Bertz CT molecular complexity index is 408. The van der Waals surface area contributed by atoms with Crippen molar-refractivity contribution in [3.05, 3.63) is 23.1 Å². The number of allylic oxidation sites excluding steroid dienone is 3. The summed E-state index contributed by atoms with van der Waals surface area (Å²) >= 11 is 0. The molecule has 1 fully saturated rings. The Morgan fingerprint density at radius 1 is 1.10 bits per heavy atom. The first-order chi connectivity index (χ1) is 9.64. The first kappa shape index (κ1) is 18.3. The third-order valence-electron chi connectivity index (χ3n) is 4.16. The van der Waals surface area contributed by atoms with Crippen LogP contribution in [0.25, 0.3) is 0 Å². The third kappa shape index (κ3) is 4.35. The zero-order valence-electron chi connectivity index (χ0n) is 14.7. The lowest BCUT2D eigenvalue weighted by molar-refractivity contribution is 0.00578. The van der Waals surface area contributed by atoms with Gasteiger partial charge in [0.25, 0.3) is 0 Å². The molecule has 0 aromatic rings. The van der Waals surface area contributed by atoms with Crippen molar-refractivity contribution >= 4 is 7.12 Å². The van der Waals surface area contributed by atoms with Gasteiger partial charge < -0.3 is 18.8 Å². The molecule has 1 rings (SSSR count). The summed E-state index contributed by atoms with van der Waals surface area (Å²) in [6.07, 6.45) is 2.92. The standard InChI is InChI=1S/C16H29BO4/c1-9-10-14(11-18-8)19-13(3)12(2)17-20-15(4,5)16(6,7)21-17/h10H,9,11H2,1-8H3/b13-12-,14-10-. The van der Waals surface area contributed by atoms with E-state index in [0.29, 0.717) is 6.61 Å². The lowest BCUT2D eigenvalue weighted by Crippen LogP contribution is -2.41. The van der Waals surface area contributed by atoms with Crippen LogP contribution in [0, 0.1) is 0 Å². The van der Waals surface area contributed by atoms with Gasteiger partial charge >= 0.3 is 7.12 Å². The number of hydrogen-bond acceptors (Lipinski definition) is 4. The lowest BCUT2D eigenvalue weighted by atomic mass is 9.78. The van der Waals surface area contributed by atoms with Gasteiger partial charge in [-0.15, -0.1) is 0 Å². The molecular weight excluding hydrogens is 267 g/mol. The smallest absolute Gasteiger partial charge is 0.465 e. The van der Waals surface area contributed by atoms with E-state index in [0.717, 1.165) is 23.4 Å². The summed E-state index contributed by atoms with van der Waals surface area (Å²) < 4.78 is 23.1. The van der Waals surface area contributed by atoms with Gasteiger partial charge in [0.05, 0.1) is 17.0 Å². The summed E-state index contributed by atoms with van der Waals surface area (Å²) in [4.78, 5) is 0. The molecule has 5 heteroatoms. The van der Waals surface area contributed by atoms with Crippen molar-refractivity contribution in [1.29, 1.82) is 0 Å². The van der Waals surface area contributed by atoms with E-state index >= 15 is 0 Å². The zero-order valence-corrected chi connectivity index (χ0v) is 14.7. The average Bonchev–Trinajstić information content (AvgIpc) is 2.58. The molecular formula is C16H29BO4. The lowest BCUT2D eigenvalue weighted by Gasteiger charge is -2.32. The van der Waals surface area contributed by atoms with E-state index in [9.17, 15) is 0 Å². The molecule has 0 aliphatic carbocycles. The van der Waals surface area contributed by atoms with Crippen molar-refractivity contribution in [2.24, 2.45) is 0 Å². The molecule has 0 unspecified atom stereocenters. The summed E-state index contributed by atoms with van der Waals surface area (Å²) in [5.41, 5.74) is 0.272. The maximum Gasteiger partial charge on any atom is 0.493 e. The molecule has 0 amide bonds. The highest BCUT2D eigenvalue weighted by Gasteiger charge is 2.52. The predicted octanol–water partition coefficient (Wildman–Crippen LogP) is 3.87. The largest absolute Gasteiger partial charge is 0.493 e. The Balaban J connectivity index is 2.86. The van der Waals surface area contributed by atoms with Crippen LogP contribution in [0.5, 0.6) is 0 Å². The molecule has 1 saturated heterocycles. The molecule has 0 aromatic heterocycles. The minimum absolute atomic E-state index is 0.339. The predicted molar refractivity (Wildman–Crippen MR) is 85.8 cm³/mol. The van der Waals surface area contributed by atoms with Crippen molar-refractivity contribution in [2.75, 3.05) is 13.7 Å². The van der Waals surface area contributed by atoms with Gasteiger partial charge in [-0.3, -0.25) is 0 Å². The van der Waals surface area contributed by atoms with Gasteiger partial charge in [-0.1, -0.05) is 6.92 Å². The van der Waals surface area contributed by atoms with Crippen molar-refractivity contribution in [2.45, 2.75) is 66.1 Å². The van der Waals surface area contributed by atoms with Gasteiger partial charge in [0.2, 0.25) is 0 Å². The molecule has 0 aromatic carbocycles.